The van der Waals surface area contributed by atoms with Gasteiger partial charge in [0.15, 0.2) is 0 Å². The SMILES string of the molecule is CCCC1CNc2cccc(F)c2NC1=O. The van der Waals surface area contributed by atoms with Crippen LogP contribution in [0.15, 0.2) is 18.2 Å². The Bertz CT molecular complexity index is 406. The van der Waals surface area contributed by atoms with Gasteiger partial charge in [-0.25, -0.2) is 4.39 Å². The van der Waals surface area contributed by atoms with E-state index in [1.54, 1.807) is 12.1 Å². The summed E-state index contributed by atoms with van der Waals surface area (Å²) in [5, 5.41) is 5.76. The standard InChI is InChI=1S/C12H15FN2O/c1-2-4-8-7-14-10-6-3-5-9(13)11(10)15-12(8)16/h3,5-6,8,14H,2,4,7H2,1H3,(H,15,16). The summed E-state index contributed by atoms with van der Waals surface area (Å²) in [7, 11) is 0. The number of carbonyl (C=O) groups is 1. The smallest absolute Gasteiger partial charge is 0.229 e. The van der Waals surface area contributed by atoms with E-state index >= 15 is 0 Å². The van der Waals surface area contributed by atoms with Crippen molar-refractivity contribution in [2.75, 3.05) is 17.2 Å². The van der Waals surface area contributed by atoms with Crippen molar-refractivity contribution in [2.24, 2.45) is 5.92 Å². The summed E-state index contributed by atoms with van der Waals surface area (Å²) < 4.78 is 13.5. The number of hydrogen-bond donors (Lipinski definition) is 2. The number of carbonyl (C=O) groups excluding carboxylic acids is 1. The van der Waals surface area contributed by atoms with Crippen LogP contribution >= 0.6 is 0 Å². The summed E-state index contributed by atoms with van der Waals surface area (Å²) in [4.78, 5) is 11.8. The average Bonchev–Trinajstić information content (AvgIpc) is 2.42. The zero-order valence-corrected chi connectivity index (χ0v) is 9.22. The third-order valence-electron chi connectivity index (χ3n) is 2.81. The van der Waals surface area contributed by atoms with Crippen LogP contribution in [0, 0.1) is 11.7 Å². The number of rotatable bonds is 2. The molecule has 1 amide bonds. The Hall–Kier alpha value is -1.58. The highest BCUT2D eigenvalue weighted by atomic mass is 19.1. The summed E-state index contributed by atoms with van der Waals surface area (Å²) in [5.74, 6) is -0.578. The third-order valence-corrected chi connectivity index (χ3v) is 2.81. The molecule has 0 spiro atoms. The first-order chi connectivity index (χ1) is 7.72. The molecule has 1 aliphatic heterocycles. The van der Waals surface area contributed by atoms with Crippen LogP contribution < -0.4 is 10.6 Å². The number of para-hydroxylation sites is 1. The monoisotopic (exact) mass is 222 g/mol. The van der Waals surface area contributed by atoms with Gasteiger partial charge in [-0.2, -0.15) is 0 Å². The summed E-state index contributed by atoms with van der Waals surface area (Å²) in [6, 6.07) is 4.75. The number of halogens is 1. The molecule has 0 bridgehead atoms. The molecule has 2 rings (SSSR count). The second kappa shape index (κ2) is 4.51. The Morgan fingerprint density at radius 2 is 2.31 bits per heavy atom. The van der Waals surface area contributed by atoms with Gasteiger partial charge < -0.3 is 10.6 Å². The number of benzene rings is 1. The topological polar surface area (TPSA) is 41.1 Å². The number of anilines is 2. The summed E-state index contributed by atoms with van der Waals surface area (Å²) in [6.45, 7) is 2.60. The van der Waals surface area contributed by atoms with Crippen LogP contribution in [0.2, 0.25) is 0 Å². The zero-order valence-electron chi connectivity index (χ0n) is 9.22. The van der Waals surface area contributed by atoms with E-state index in [-0.39, 0.29) is 17.5 Å². The molecule has 1 unspecified atom stereocenters. The van der Waals surface area contributed by atoms with Crippen molar-refractivity contribution in [1.29, 1.82) is 0 Å². The Labute approximate surface area is 94.0 Å². The first kappa shape index (κ1) is 10.9. The molecule has 1 atom stereocenters. The highest BCUT2D eigenvalue weighted by Gasteiger charge is 2.23. The van der Waals surface area contributed by atoms with Gasteiger partial charge in [0.05, 0.1) is 11.6 Å². The Morgan fingerprint density at radius 3 is 3.06 bits per heavy atom. The molecule has 2 N–H and O–H groups in total. The van der Waals surface area contributed by atoms with Crippen LogP contribution in [0.1, 0.15) is 19.8 Å². The van der Waals surface area contributed by atoms with Gasteiger partial charge >= 0.3 is 0 Å². The lowest BCUT2D eigenvalue weighted by atomic mass is 10.0. The molecule has 1 heterocycles. The Morgan fingerprint density at radius 1 is 1.50 bits per heavy atom. The summed E-state index contributed by atoms with van der Waals surface area (Å²) >= 11 is 0. The molecule has 3 nitrogen and oxygen atoms in total. The van der Waals surface area contributed by atoms with Gasteiger partial charge in [-0.3, -0.25) is 4.79 Å². The number of amides is 1. The van der Waals surface area contributed by atoms with Crippen molar-refractivity contribution in [1.82, 2.24) is 0 Å². The van der Waals surface area contributed by atoms with Crippen LogP contribution in [0.25, 0.3) is 0 Å². The molecule has 0 aliphatic carbocycles. The zero-order chi connectivity index (χ0) is 11.5. The van der Waals surface area contributed by atoms with Gasteiger partial charge in [-0.05, 0) is 18.6 Å². The molecule has 1 aromatic rings. The Kier molecular flexibility index (Phi) is 3.08. The molecule has 86 valence electrons. The van der Waals surface area contributed by atoms with Gasteiger partial charge in [0.2, 0.25) is 5.91 Å². The molecule has 0 saturated carbocycles. The number of fused-ring (bicyclic) bond motifs is 1. The minimum absolute atomic E-state index is 0.0863. The molecule has 1 aromatic carbocycles. The molecular weight excluding hydrogens is 207 g/mol. The maximum absolute atomic E-state index is 13.5. The van der Waals surface area contributed by atoms with E-state index in [1.807, 2.05) is 6.92 Å². The van der Waals surface area contributed by atoms with Crippen LogP contribution in [0.4, 0.5) is 15.8 Å². The molecule has 1 aliphatic rings. The van der Waals surface area contributed by atoms with Crippen molar-refractivity contribution in [3.8, 4) is 0 Å². The maximum Gasteiger partial charge on any atom is 0.229 e. The highest BCUT2D eigenvalue weighted by Crippen LogP contribution is 2.28. The van der Waals surface area contributed by atoms with E-state index in [9.17, 15) is 9.18 Å². The van der Waals surface area contributed by atoms with Crippen LogP contribution in [-0.4, -0.2) is 12.5 Å². The van der Waals surface area contributed by atoms with Crippen molar-refractivity contribution in [2.45, 2.75) is 19.8 Å². The van der Waals surface area contributed by atoms with Crippen LogP contribution in [-0.2, 0) is 4.79 Å². The predicted octanol–water partition coefficient (Wildman–Crippen LogP) is 2.61. The van der Waals surface area contributed by atoms with Gasteiger partial charge in [-0.1, -0.05) is 19.4 Å². The van der Waals surface area contributed by atoms with E-state index in [4.69, 9.17) is 0 Å². The lowest BCUT2D eigenvalue weighted by Gasteiger charge is -2.11. The quantitative estimate of drug-likeness (QED) is 0.807. The Balaban J connectivity index is 2.26. The molecule has 0 radical (unpaired) electrons. The van der Waals surface area contributed by atoms with E-state index in [0.29, 0.717) is 12.2 Å². The van der Waals surface area contributed by atoms with E-state index < -0.39 is 5.82 Å². The first-order valence-corrected chi connectivity index (χ1v) is 5.55. The summed E-state index contributed by atoms with van der Waals surface area (Å²) in [6.07, 6.45) is 1.76. The fourth-order valence-corrected chi connectivity index (χ4v) is 1.93. The van der Waals surface area contributed by atoms with Gasteiger partial charge in [0, 0.05) is 6.54 Å². The second-order valence-electron chi connectivity index (χ2n) is 4.02. The first-order valence-electron chi connectivity index (χ1n) is 5.55. The maximum atomic E-state index is 13.5. The molecule has 4 heteroatoms. The third kappa shape index (κ3) is 2.01. The highest BCUT2D eigenvalue weighted by molar-refractivity contribution is 5.97. The molecule has 0 aromatic heterocycles. The molecular formula is C12H15FN2O. The van der Waals surface area contributed by atoms with Gasteiger partial charge in [-0.15, -0.1) is 0 Å². The van der Waals surface area contributed by atoms with Gasteiger partial charge in [0.1, 0.15) is 11.5 Å². The molecule has 0 saturated heterocycles. The lowest BCUT2D eigenvalue weighted by Crippen LogP contribution is -2.25. The minimum atomic E-state index is -0.393. The largest absolute Gasteiger partial charge is 0.382 e. The van der Waals surface area contributed by atoms with Crippen molar-refractivity contribution in [3.05, 3.63) is 24.0 Å². The van der Waals surface area contributed by atoms with E-state index in [0.717, 1.165) is 12.8 Å². The molecule has 16 heavy (non-hydrogen) atoms. The molecule has 0 fully saturated rings. The normalized spacial score (nSPS) is 19.4. The second-order valence-corrected chi connectivity index (χ2v) is 4.02. The number of hydrogen-bond acceptors (Lipinski definition) is 2. The van der Waals surface area contributed by atoms with Crippen molar-refractivity contribution >= 4 is 17.3 Å². The van der Waals surface area contributed by atoms with Crippen molar-refractivity contribution < 1.29 is 9.18 Å². The lowest BCUT2D eigenvalue weighted by molar-refractivity contribution is -0.119. The van der Waals surface area contributed by atoms with Crippen LogP contribution in [0.3, 0.4) is 0 Å². The van der Waals surface area contributed by atoms with E-state index in [2.05, 4.69) is 10.6 Å². The fraction of sp³-hybridized carbons (Fsp3) is 0.417. The fourth-order valence-electron chi connectivity index (χ4n) is 1.93. The van der Waals surface area contributed by atoms with Crippen molar-refractivity contribution in [3.63, 3.8) is 0 Å². The van der Waals surface area contributed by atoms with Crippen LogP contribution in [0.5, 0.6) is 0 Å². The average molecular weight is 222 g/mol. The summed E-state index contributed by atoms with van der Waals surface area (Å²) in [5.41, 5.74) is 0.929. The minimum Gasteiger partial charge on any atom is -0.382 e. The van der Waals surface area contributed by atoms with E-state index in [1.165, 1.54) is 6.07 Å². The predicted molar refractivity (Wildman–Crippen MR) is 61.9 cm³/mol. The van der Waals surface area contributed by atoms with Gasteiger partial charge in [0.25, 0.3) is 0 Å². The number of nitrogens with one attached hydrogen (secondary N) is 2.